The predicted octanol–water partition coefficient (Wildman–Crippen LogP) is 4.97. The number of hydrogen-bond donors (Lipinski definition) is 0. The molecular formula is C16H21Cl2OTi. The van der Waals surface area contributed by atoms with Crippen LogP contribution in [0.4, 0.5) is 0 Å². The second-order valence-corrected chi connectivity index (χ2v) is 6.00. The van der Waals surface area contributed by atoms with Crippen molar-refractivity contribution in [2.75, 3.05) is 6.61 Å². The van der Waals surface area contributed by atoms with Gasteiger partial charge in [-0.1, -0.05) is 0 Å². The molecule has 1 nitrogen and oxygen atoms in total. The first-order chi connectivity index (χ1) is 8.57. The molecule has 0 saturated carbocycles. The number of ether oxygens (including phenoxy) is 1. The van der Waals surface area contributed by atoms with Crippen molar-refractivity contribution in [1.29, 1.82) is 0 Å². The van der Waals surface area contributed by atoms with Crippen molar-refractivity contribution < 1.29 is 25.2 Å². The maximum absolute atomic E-state index is 5.77. The molecule has 1 aliphatic rings. The summed E-state index contributed by atoms with van der Waals surface area (Å²) in [7, 11) is 0. The monoisotopic (exact) mass is 347 g/mol. The van der Waals surface area contributed by atoms with Gasteiger partial charge in [0.25, 0.3) is 0 Å². The van der Waals surface area contributed by atoms with Gasteiger partial charge in [-0.3, -0.25) is 0 Å². The molecule has 0 aromatic heterocycles. The zero-order valence-electron chi connectivity index (χ0n) is 12.1. The van der Waals surface area contributed by atoms with E-state index in [-0.39, 0.29) is 30.2 Å². The molecule has 0 radical (unpaired) electrons. The summed E-state index contributed by atoms with van der Waals surface area (Å²) in [6, 6.07) is 8.37. The van der Waals surface area contributed by atoms with Crippen molar-refractivity contribution in [3.05, 3.63) is 51.4 Å². The maximum atomic E-state index is 5.77. The van der Waals surface area contributed by atoms with Gasteiger partial charge in [0.15, 0.2) is 0 Å². The van der Waals surface area contributed by atoms with Crippen LogP contribution in [-0.4, -0.2) is 6.61 Å². The number of rotatable bonds is 4. The average molecular weight is 348 g/mol. The van der Waals surface area contributed by atoms with Crippen LogP contribution in [0.3, 0.4) is 0 Å². The van der Waals surface area contributed by atoms with E-state index in [1.54, 1.807) is 0 Å². The fraction of sp³-hybridized carbons (Fsp3) is 0.375. The van der Waals surface area contributed by atoms with Gasteiger partial charge in [0, 0.05) is 0 Å². The third kappa shape index (κ3) is 3.92. The Morgan fingerprint density at radius 1 is 1.20 bits per heavy atom. The van der Waals surface area contributed by atoms with Crippen LogP contribution in [0.5, 0.6) is 5.75 Å². The summed E-state index contributed by atoms with van der Waals surface area (Å²) in [6.45, 7) is 7.30. The zero-order valence-corrected chi connectivity index (χ0v) is 15.3. The normalized spacial score (nSPS) is 13.7. The Morgan fingerprint density at radius 3 is 2.40 bits per heavy atom. The number of para-hydroxylation sites is 1. The molecule has 0 saturated heterocycles. The van der Waals surface area contributed by atoms with Crippen LogP contribution < -0.4 is 4.74 Å². The zero-order chi connectivity index (χ0) is 13.2. The number of halogens is 2. The third-order valence-corrected chi connectivity index (χ3v) is 4.20. The summed E-state index contributed by atoms with van der Waals surface area (Å²) in [5.74, 6) is 1.01. The Hall–Kier alpha value is -0.206. The fourth-order valence-electron chi connectivity index (χ4n) is 2.50. The van der Waals surface area contributed by atoms with Gasteiger partial charge in [-0.05, 0) is 0 Å². The second-order valence-electron chi connectivity index (χ2n) is 5.05. The molecule has 0 atom stereocenters. The minimum atomic E-state index is 0. The number of benzene rings is 1. The summed E-state index contributed by atoms with van der Waals surface area (Å²) < 4.78 is 7.24. The van der Waals surface area contributed by atoms with Gasteiger partial charge in [0.2, 0.25) is 0 Å². The van der Waals surface area contributed by atoms with Crippen molar-refractivity contribution in [2.24, 2.45) is 0 Å². The quantitative estimate of drug-likeness (QED) is 0.699. The van der Waals surface area contributed by atoms with Crippen LogP contribution in [0, 0.1) is 0 Å². The molecule has 0 N–H and O–H groups in total. The minimum Gasteiger partial charge on any atom is -0.147 e. The van der Waals surface area contributed by atoms with Gasteiger partial charge in [0.05, 0.1) is 0 Å². The van der Waals surface area contributed by atoms with Crippen molar-refractivity contribution in [2.45, 2.75) is 32.6 Å². The Bertz CT molecular complexity index is 507. The van der Waals surface area contributed by atoms with Crippen molar-refractivity contribution >= 4 is 24.8 Å². The second kappa shape index (κ2) is 8.29. The Kier molecular flexibility index (Phi) is 8.20. The molecule has 0 fully saturated rings. The summed E-state index contributed by atoms with van der Waals surface area (Å²) in [6.07, 6.45) is 5.59. The molecule has 1 aliphatic carbocycles. The van der Waals surface area contributed by atoms with Gasteiger partial charge in [0.1, 0.15) is 0 Å². The maximum Gasteiger partial charge on any atom is -0.147 e. The van der Waals surface area contributed by atoms with E-state index in [0.29, 0.717) is 6.61 Å². The molecule has 0 heterocycles. The van der Waals surface area contributed by atoms with E-state index in [1.807, 2.05) is 13.0 Å². The Morgan fingerprint density at radius 2 is 1.85 bits per heavy atom. The standard InChI is InChI=1S/C16H19O.2ClH.Ti/c1-4-17-15-12-8-7-11-14(15)16(2,3)13-9-5-6-10-13;;;/h5,7-9,11-12H,4,6H2,1-3H3;2*1H;. The molecule has 0 aliphatic heterocycles. The molecular weight excluding hydrogens is 327 g/mol. The minimum absolute atomic E-state index is 0. The van der Waals surface area contributed by atoms with Crippen molar-refractivity contribution in [1.82, 2.24) is 0 Å². The summed E-state index contributed by atoms with van der Waals surface area (Å²) >= 11 is 2.22. The average Bonchev–Trinajstić information content (AvgIpc) is 2.77. The predicted molar refractivity (Wildman–Crippen MR) is 85.9 cm³/mol. The third-order valence-electron chi connectivity index (χ3n) is 3.47. The van der Waals surface area contributed by atoms with Gasteiger partial charge in [-0.15, -0.1) is 24.8 Å². The van der Waals surface area contributed by atoms with Crippen molar-refractivity contribution in [3.8, 4) is 5.75 Å². The first-order valence-electron chi connectivity index (χ1n) is 6.41. The van der Waals surface area contributed by atoms with E-state index < -0.39 is 0 Å². The van der Waals surface area contributed by atoms with E-state index in [2.05, 4.69) is 64.6 Å². The molecule has 0 spiro atoms. The largest absolute Gasteiger partial charge is 0.147 e. The molecule has 0 bridgehead atoms. The van der Waals surface area contributed by atoms with E-state index in [0.717, 1.165) is 12.2 Å². The summed E-state index contributed by atoms with van der Waals surface area (Å²) in [5, 5.41) is 0. The van der Waals surface area contributed by atoms with Crippen molar-refractivity contribution in [3.63, 3.8) is 0 Å². The number of hydrogen-bond acceptors (Lipinski definition) is 1. The van der Waals surface area contributed by atoms with E-state index in [9.17, 15) is 0 Å². The fourth-order valence-corrected chi connectivity index (χ4v) is 3.30. The molecule has 0 unspecified atom stereocenters. The van der Waals surface area contributed by atoms with E-state index >= 15 is 0 Å². The molecule has 4 heteroatoms. The van der Waals surface area contributed by atoms with Crippen LogP contribution in [0.2, 0.25) is 0 Å². The van der Waals surface area contributed by atoms with Crippen LogP contribution in [0.25, 0.3) is 0 Å². The SMILES string of the molecule is CCOc1ccccc1C(C)(C)C1=[C]([Ti])CC=C1.Cl.Cl. The molecule has 109 valence electrons. The van der Waals surface area contributed by atoms with E-state index in [4.69, 9.17) is 4.74 Å². The summed E-state index contributed by atoms with van der Waals surface area (Å²) in [5.41, 5.74) is 2.70. The number of allylic oxidation sites excluding steroid dienone is 4. The van der Waals surface area contributed by atoms with E-state index in [1.165, 1.54) is 15.0 Å². The smallest absolute Gasteiger partial charge is 0.147 e. The van der Waals surface area contributed by atoms with Gasteiger partial charge in [-0.2, -0.15) is 0 Å². The van der Waals surface area contributed by atoms with Crippen LogP contribution in [0.15, 0.2) is 45.9 Å². The molecule has 20 heavy (non-hydrogen) atoms. The first kappa shape index (κ1) is 19.8. The molecule has 2 rings (SSSR count). The topological polar surface area (TPSA) is 9.23 Å². The Labute approximate surface area is 146 Å². The molecule has 1 aromatic carbocycles. The van der Waals surface area contributed by atoms with Gasteiger partial charge < -0.3 is 0 Å². The van der Waals surface area contributed by atoms with Gasteiger partial charge in [-0.25, -0.2) is 0 Å². The summed E-state index contributed by atoms with van der Waals surface area (Å²) in [4.78, 5) is 0. The molecule has 1 aromatic rings. The van der Waals surface area contributed by atoms with Crippen LogP contribution >= 0.6 is 24.8 Å². The van der Waals surface area contributed by atoms with Crippen LogP contribution in [-0.2, 0) is 25.9 Å². The Balaban J connectivity index is 0.00000180. The van der Waals surface area contributed by atoms with Crippen LogP contribution in [0.1, 0.15) is 32.8 Å². The molecule has 0 amide bonds. The van der Waals surface area contributed by atoms with Gasteiger partial charge >= 0.3 is 122 Å². The first-order valence-corrected chi connectivity index (χ1v) is 7.19.